The van der Waals surface area contributed by atoms with Crippen LogP contribution in [0.4, 0.5) is 11.4 Å². The normalized spacial score (nSPS) is 15.0. The maximum absolute atomic E-state index is 12.7. The average molecular weight is 374 g/mol. The zero-order chi connectivity index (χ0) is 18.7. The van der Waals surface area contributed by atoms with Crippen molar-refractivity contribution in [3.63, 3.8) is 0 Å². The molecule has 26 heavy (non-hydrogen) atoms. The predicted molar refractivity (Wildman–Crippen MR) is 101 cm³/mol. The Morgan fingerprint density at radius 3 is 2.46 bits per heavy atom. The van der Waals surface area contributed by atoms with Crippen LogP contribution in [0.3, 0.4) is 0 Å². The fourth-order valence-corrected chi connectivity index (χ4v) is 4.31. The topological polar surface area (TPSA) is 75.7 Å². The van der Waals surface area contributed by atoms with Gasteiger partial charge in [0.25, 0.3) is 10.0 Å². The number of hydrogen-bond donors (Lipinski definition) is 1. The van der Waals surface area contributed by atoms with E-state index in [0.29, 0.717) is 24.4 Å². The second-order valence-electron chi connectivity index (χ2n) is 6.31. The highest BCUT2D eigenvalue weighted by molar-refractivity contribution is 7.92. The van der Waals surface area contributed by atoms with Gasteiger partial charge in [0.15, 0.2) is 0 Å². The van der Waals surface area contributed by atoms with Crippen molar-refractivity contribution in [2.45, 2.75) is 31.1 Å². The lowest BCUT2D eigenvalue weighted by Gasteiger charge is -2.26. The molecule has 1 heterocycles. The predicted octanol–water partition coefficient (Wildman–Crippen LogP) is 3.32. The molecule has 7 heteroatoms. The molecule has 1 N–H and O–H groups in total. The third kappa shape index (κ3) is 3.83. The molecule has 2 aromatic rings. The Kier molecular flexibility index (Phi) is 5.18. The number of ether oxygens (including phenoxy) is 1. The second-order valence-corrected chi connectivity index (χ2v) is 7.96. The molecule has 0 bridgehead atoms. The van der Waals surface area contributed by atoms with Crippen molar-refractivity contribution < 1.29 is 17.9 Å². The van der Waals surface area contributed by atoms with Crippen LogP contribution in [0.1, 0.15) is 24.8 Å². The van der Waals surface area contributed by atoms with E-state index in [4.69, 9.17) is 4.74 Å². The smallest absolute Gasteiger partial charge is 0.265 e. The Bertz CT molecular complexity index is 908. The maximum Gasteiger partial charge on any atom is 0.265 e. The molecule has 1 saturated heterocycles. The first-order valence-electron chi connectivity index (χ1n) is 8.48. The third-order valence-corrected chi connectivity index (χ3v) is 5.77. The zero-order valence-electron chi connectivity index (χ0n) is 14.9. The Labute approximate surface area is 153 Å². The molecular weight excluding hydrogens is 352 g/mol. The SMILES string of the molecule is COc1ccc(C)cc1S(=O)(=O)Nc1ccc(N2CCCCC2=O)cc1. The van der Waals surface area contributed by atoms with Crippen molar-refractivity contribution in [1.29, 1.82) is 0 Å². The summed E-state index contributed by atoms with van der Waals surface area (Å²) in [6, 6.07) is 11.8. The first-order chi connectivity index (χ1) is 12.4. The van der Waals surface area contributed by atoms with E-state index in [1.165, 1.54) is 7.11 Å². The van der Waals surface area contributed by atoms with E-state index in [2.05, 4.69) is 4.72 Å². The Morgan fingerprint density at radius 1 is 1.08 bits per heavy atom. The minimum atomic E-state index is -3.78. The second kappa shape index (κ2) is 7.37. The van der Waals surface area contributed by atoms with Crippen molar-refractivity contribution in [2.24, 2.45) is 0 Å². The zero-order valence-corrected chi connectivity index (χ0v) is 15.7. The summed E-state index contributed by atoms with van der Waals surface area (Å²) in [5, 5.41) is 0. The summed E-state index contributed by atoms with van der Waals surface area (Å²) in [6.07, 6.45) is 2.46. The van der Waals surface area contributed by atoms with E-state index < -0.39 is 10.0 Å². The van der Waals surface area contributed by atoms with E-state index >= 15 is 0 Å². The van der Waals surface area contributed by atoms with Crippen molar-refractivity contribution in [3.8, 4) is 5.75 Å². The number of nitrogens with one attached hydrogen (secondary N) is 1. The van der Waals surface area contributed by atoms with Crippen LogP contribution >= 0.6 is 0 Å². The highest BCUT2D eigenvalue weighted by atomic mass is 32.2. The molecule has 138 valence electrons. The van der Waals surface area contributed by atoms with Crippen LogP contribution in [0.2, 0.25) is 0 Å². The molecule has 0 aliphatic carbocycles. The van der Waals surface area contributed by atoms with Gasteiger partial charge in [-0.25, -0.2) is 8.42 Å². The molecule has 0 aromatic heterocycles. The van der Waals surface area contributed by atoms with Crippen LogP contribution in [0.25, 0.3) is 0 Å². The molecule has 0 spiro atoms. The van der Waals surface area contributed by atoms with E-state index in [1.54, 1.807) is 47.4 Å². The van der Waals surface area contributed by atoms with Gasteiger partial charge < -0.3 is 9.64 Å². The highest BCUT2D eigenvalue weighted by Gasteiger charge is 2.21. The number of methoxy groups -OCH3 is 1. The quantitative estimate of drug-likeness (QED) is 0.871. The van der Waals surface area contributed by atoms with Crippen LogP contribution in [0, 0.1) is 6.92 Å². The molecule has 1 aliphatic rings. The maximum atomic E-state index is 12.7. The Morgan fingerprint density at radius 2 is 1.81 bits per heavy atom. The van der Waals surface area contributed by atoms with E-state index in [9.17, 15) is 13.2 Å². The molecule has 3 rings (SSSR count). The molecule has 2 aromatic carbocycles. The number of amides is 1. The van der Waals surface area contributed by atoms with Crippen molar-refractivity contribution >= 4 is 27.3 Å². The summed E-state index contributed by atoms with van der Waals surface area (Å²) in [5.74, 6) is 0.396. The molecule has 1 amide bonds. The summed E-state index contributed by atoms with van der Waals surface area (Å²) in [4.78, 5) is 13.8. The molecule has 1 fully saturated rings. The average Bonchev–Trinajstić information content (AvgIpc) is 2.63. The molecule has 0 saturated carbocycles. The molecular formula is C19H22N2O4S. The summed E-state index contributed by atoms with van der Waals surface area (Å²) in [7, 11) is -2.34. The first-order valence-corrected chi connectivity index (χ1v) is 9.97. The van der Waals surface area contributed by atoms with Crippen LogP contribution < -0.4 is 14.4 Å². The van der Waals surface area contributed by atoms with Gasteiger partial charge in [0.2, 0.25) is 5.91 Å². The lowest BCUT2D eigenvalue weighted by Crippen LogP contribution is -2.35. The van der Waals surface area contributed by atoms with E-state index in [-0.39, 0.29) is 10.8 Å². The fourth-order valence-electron chi connectivity index (χ4n) is 2.99. The standard InChI is InChI=1S/C19H22N2O4S/c1-14-6-11-17(25-2)18(13-14)26(23,24)20-15-7-9-16(10-8-15)21-12-4-3-5-19(21)22/h6-11,13,20H,3-5,12H2,1-2H3. The number of benzene rings is 2. The van der Waals surface area contributed by atoms with Crippen LogP contribution in [0.15, 0.2) is 47.4 Å². The fraction of sp³-hybridized carbons (Fsp3) is 0.316. The van der Waals surface area contributed by atoms with E-state index in [1.807, 2.05) is 6.92 Å². The van der Waals surface area contributed by atoms with Crippen molar-refractivity contribution in [3.05, 3.63) is 48.0 Å². The van der Waals surface area contributed by atoms with Gasteiger partial charge in [-0.1, -0.05) is 6.07 Å². The van der Waals surface area contributed by atoms with Crippen LogP contribution in [-0.4, -0.2) is 28.0 Å². The summed E-state index contributed by atoms with van der Waals surface area (Å²) in [6.45, 7) is 2.52. The van der Waals surface area contributed by atoms with Crippen LogP contribution in [0.5, 0.6) is 5.75 Å². The highest BCUT2D eigenvalue weighted by Crippen LogP contribution is 2.28. The number of piperidine rings is 1. The summed E-state index contributed by atoms with van der Waals surface area (Å²) in [5.41, 5.74) is 2.04. The molecule has 0 atom stereocenters. The molecule has 0 radical (unpaired) electrons. The number of carbonyl (C=O) groups excluding carboxylic acids is 1. The summed E-state index contributed by atoms with van der Waals surface area (Å²) >= 11 is 0. The number of nitrogens with zero attached hydrogens (tertiary/aromatic N) is 1. The largest absolute Gasteiger partial charge is 0.495 e. The number of sulfonamides is 1. The summed E-state index contributed by atoms with van der Waals surface area (Å²) < 4.78 is 33.2. The van der Waals surface area contributed by atoms with Gasteiger partial charge in [0.1, 0.15) is 10.6 Å². The third-order valence-electron chi connectivity index (χ3n) is 4.36. The van der Waals surface area contributed by atoms with Gasteiger partial charge in [-0.15, -0.1) is 0 Å². The van der Waals surface area contributed by atoms with Gasteiger partial charge in [-0.3, -0.25) is 9.52 Å². The Hall–Kier alpha value is -2.54. The molecule has 6 nitrogen and oxygen atoms in total. The number of carbonyl (C=O) groups is 1. The van der Waals surface area contributed by atoms with Gasteiger partial charge >= 0.3 is 0 Å². The van der Waals surface area contributed by atoms with Gasteiger partial charge in [-0.05, 0) is 61.7 Å². The molecule has 0 unspecified atom stereocenters. The molecule has 1 aliphatic heterocycles. The van der Waals surface area contributed by atoms with Crippen molar-refractivity contribution in [1.82, 2.24) is 0 Å². The lowest BCUT2D eigenvalue weighted by atomic mass is 10.1. The number of anilines is 2. The van der Waals surface area contributed by atoms with Crippen molar-refractivity contribution in [2.75, 3.05) is 23.3 Å². The number of aryl methyl sites for hydroxylation is 1. The first kappa shape index (κ1) is 18.3. The lowest BCUT2D eigenvalue weighted by molar-refractivity contribution is -0.119. The minimum absolute atomic E-state index is 0.0929. The van der Waals surface area contributed by atoms with Gasteiger partial charge in [0, 0.05) is 24.3 Å². The van der Waals surface area contributed by atoms with Gasteiger partial charge in [-0.2, -0.15) is 0 Å². The van der Waals surface area contributed by atoms with E-state index in [0.717, 1.165) is 24.1 Å². The van der Waals surface area contributed by atoms with Crippen LogP contribution in [-0.2, 0) is 14.8 Å². The monoisotopic (exact) mass is 374 g/mol. The van der Waals surface area contributed by atoms with Gasteiger partial charge in [0.05, 0.1) is 7.11 Å². The number of rotatable bonds is 5. The Balaban J connectivity index is 1.82. The number of hydrogen-bond acceptors (Lipinski definition) is 4. The minimum Gasteiger partial charge on any atom is -0.495 e.